The van der Waals surface area contributed by atoms with Gasteiger partial charge in [0.25, 0.3) is 0 Å². The molecule has 2 saturated carbocycles. The Morgan fingerprint density at radius 2 is 1.50 bits per heavy atom. The van der Waals surface area contributed by atoms with Gasteiger partial charge in [0.15, 0.2) is 0 Å². The van der Waals surface area contributed by atoms with Crippen molar-refractivity contribution in [3.8, 4) is 0 Å². The molecule has 0 radical (unpaired) electrons. The third-order valence-corrected chi connectivity index (χ3v) is 5.49. The molecule has 92 valence electrons. The fourth-order valence-corrected chi connectivity index (χ4v) is 3.94. The fraction of sp³-hybridized carbons (Fsp3) is 0.933. The second kappa shape index (κ2) is 3.58. The zero-order chi connectivity index (χ0) is 12.1. The van der Waals surface area contributed by atoms with Gasteiger partial charge in [-0.2, -0.15) is 0 Å². The maximum Gasteiger partial charge on any atom is 0.136 e. The van der Waals surface area contributed by atoms with Crippen LogP contribution in [0.5, 0.6) is 0 Å². The molecule has 0 aromatic rings. The molecule has 3 atom stereocenters. The summed E-state index contributed by atoms with van der Waals surface area (Å²) in [6.07, 6.45) is 4.56. The lowest BCUT2D eigenvalue weighted by Crippen LogP contribution is -2.49. The first-order valence-electron chi connectivity index (χ1n) is 6.77. The van der Waals surface area contributed by atoms with Crippen molar-refractivity contribution in [3.63, 3.8) is 0 Å². The van der Waals surface area contributed by atoms with E-state index in [1.807, 2.05) is 0 Å². The number of hydrogen-bond donors (Lipinski definition) is 0. The number of rotatable bonds is 0. The minimum absolute atomic E-state index is 0.300. The molecule has 0 bridgehead atoms. The Kier molecular flexibility index (Phi) is 2.72. The Bertz CT molecular complexity index is 301. The van der Waals surface area contributed by atoms with Crippen LogP contribution in [0, 0.1) is 28.6 Å². The molecule has 0 amide bonds. The summed E-state index contributed by atoms with van der Waals surface area (Å²) in [7, 11) is 0. The molecule has 1 heteroatoms. The Labute approximate surface area is 100.0 Å². The van der Waals surface area contributed by atoms with Gasteiger partial charge in [0.1, 0.15) is 5.78 Å². The van der Waals surface area contributed by atoms with Crippen LogP contribution in [0.15, 0.2) is 0 Å². The minimum Gasteiger partial charge on any atom is -0.299 e. The number of hydrogen-bond acceptors (Lipinski definition) is 1. The van der Waals surface area contributed by atoms with Crippen molar-refractivity contribution in [2.75, 3.05) is 0 Å². The van der Waals surface area contributed by atoms with Crippen molar-refractivity contribution >= 4 is 5.78 Å². The van der Waals surface area contributed by atoms with Crippen LogP contribution < -0.4 is 0 Å². The minimum atomic E-state index is 0.300. The first-order valence-corrected chi connectivity index (χ1v) is 6.77. The number of fused-ring (bicyclic) bond motifs is 1. The molecular weight excluding hydrogens is 196 g/mol. The van der Waals surface area contributed by atoms with Crippen LogP contribution in [0.4, 0.5) is 0 Å². The van der Waals surface area contributed by atoms with E-state index < -0.39 is 0 Å². The van der Waals surface area contributed by atoms with E-state index in [0.29, 0.717) is 28.4 Å². The van der Waals surface area contributed by atoms with Crippen molar-refractivity contribution in [1.29, 1.82) is 0 Å². The Morgan fingerprint density at radius 3 is 2.06 bits per heavy atom. The Balaban J connectivity index is 2.29. The predicted octanol–water partition coefficient (Wildman–Crippen LogP) is 4.06. The van der Waals surface area contributed by atoms with E-state index >= 15 is 0 Å². The SMILES string of the molecule is C[C@H]1C[C@H]2[C@@H](CC1=O)C(C)(C)CCC2(C)C. The van der Waals surface area contributed by atoms with Crippen molar-refractivity contribution in [1.82, 2.24) is 0 Å². The van der Waals surface area contributed by atoms with E-state index in [0.717, 1.165) is 18.8 Å². The van der Waals surface area contributed by atoms with Crippen LogP contribution in [0.1, 0.15) is 60.3 Å². The highest BCUT2D eigenvalue weighted by Gasteiger charge is 2.51. The summed E-state index contributed by atoms with van der Waals surface area (Å²) in [5, 5.41) is 0. The standard InChI is InChI=1S/C15H26O/c1-10-8-11-12(9-13(10)16)15(4,5)7-6-14(11,2)3/h10-12H,6-9H2,1-5H3/t10-,11-,12+/m0/s1. The average molecular weight is 222 g/mol. The van der Waals surface area contributed by atoms with Crippen LogP contribution in [-0.2, 0) is 4.79 Å². The lowest BCUT2D eigenvalue weighted by molar-refractivity contribution is -0.136. The van der Waals surface area contributed by atoms with Crippen LogP contribution in [0.3, 0.4) is 0 Å². The van der Waals surface area contributed by atoms with Crippen LogP contribution in [0.25, 0.3) is 0 Å². The van der Waals surface area contributed by atoms with Crippen LogP contribution in [-0.4, -0.2) is 5.78 Å². The fourth-order valence-electron chi connectivity index (χ4n) is 3.94. The zero-order valence-electron chi connectivity index (χ0n) is 11.5. The molecule has 2 fully saturated rings. The van der Waals surface area contributed by atoms with Gasteiger partial charge in [-0.15, -0.1) is 0 Å². The smallest absolute Gasteiger partial charge is 0.136 e. The summed E-state index contributed by atoms with van der Waals surface area (Å²) in [6, 6.07) is 0. The van der Waals surface area contributed by atoms with Gasteiger partial charge in [0.2, 0.25) is 0 Å². The second-order valence-electron chi connectivity index (χ2n) is 7.50. The third kappa shape index (κ3) is 1.83. The van der Waals surface area contributed by atoms with Gasteiger partial charge in [-0.3, -0.25) is 4.79 Å². The van der Waals surface area contributed by atoms with Crippen LogP contribution in [0.2, 0.25) is 0 Å². The van der Waals surface area contributed by atoms with E-state index in [1.165, 1.54) is 12.8 Å². The molecule has 0 unspecified atom stereocenters. The van der Waals surface area contributed by atoms with Gasteiger partial charge < -0.3 is 0 Å². The predicted molar refractivity (Wildman–Crippen MR) is 67.2 cm³/mol. The quantitative estimate of drug-likeness (QED) is 0.604. The van der Waals surface area contributed by atoms with Crippen LogP contribution >= 0.6 is 0 Å². The van der Waals surface area contributed by atoms with Crippen molar-refractivity contribution in [2.45, 2.75) is 60.3 Å². The molecule has 0 N–H and O–H groups in total. The Morgan fingerprint density at radius 1 is 1.00 bits per heavy atom. The summed E-state index contributed by atoms with van der Waals surface area (Å²) in [6.45, 7) is 11.7. The zero-order valence-corrected chi connectivity index (χ0v) is 11.5. The molecule has 2 aliphatic carbocycles. The van der Waals surface area contributed by atoms with Crippen molar-refractivity contribution in [2.24, 2.45) is 28.6 Å². The summed E-state index contributed by atoms with van der Waals surface area (Å²) >= 11 is 0. The summed E-state index contributed by atoms with van der Waals surface area (Å²) in [5.74, 6) is 2.19. The van der Waals surface area contributed by atoms with Gasteiger partial charge in [0.05, 0.1) is 0 Å². The Hall–Kier alpha value is -0.330. The van der Waals surface area contributed by atoms with E-state index in [-0.39, 0.29) is 0 Å². The molecular formula is C15H26O. The molecule has 16 heavy (non-hydrogen) atoms. The van der Waals surface area contributed by atoms with Crippen molar-refractivity contribution in [3.05, 3.63) is 0 Å². The molecule has 1 nitrogen and oxygen atoms in total. The lowest BCUT2D eigenvalue weighted by Gasteiger charge is -2.55. The number of Topliss-reactive ketones (excluding diaryl/α,β-unsaturated/α-hetero) is 1. The maximum atomic E-state index is 11.9. The first kappa shape index (κ1) is 12.1. The van der Waals surface area contributed by atoms with E-state index in [2.05, 4.69) is 34.6 Å². The average Bonchev–Trinajstić information content (AvgIpc) is 2.17. The molecule has 2 rings (SSSR count). The molecule has 2 aliphatic rings. The largest absolute Gasteiger partial charge is 0.299 e. The van der Waals surface area contributed by atoms with Crippen molar-refractivity contribution < 1.29 is 4.79 Å². The topological polar surface area (TPSA) is 17.1 Å². The number of carbonyl (C=O) groups excluding carboxylic acids is 1. The molecule has 0 aromatic carbocycles. The molecule has 0 heterocycles. The summed E-state index contributed by atoms with van der Waals surface area (Å²) < 4.78 is 0. The van der Waals surface area contributed by atoms with E-state index in [9.17, 15) is 4.79 Å². The lowest BCUT2D eigenvalue weighted by atomic mass is 9.50. The highest BCUT2D eigenvalue weighted by atomic mass is 16.1. The number of carbonyl (C=O) groups is 1. The molecule has 0 spiro atoms. The second-order valence-corrected chi connectivity index (χ2v) is 7.50. The van der Waals surface area contributed by atoms with E-state index in [4.69, 9.17) is 0 Å². The molecule has 0 aliphatic heterocycles. The van der Waals surface area contributed by atoms with Gasteiger partial charge >= 0.3 is 0 Å². The highest BCUT2D eigenvalue weighted by Crippen LogP contribution is 2.57. The highest BCUT2D eigenvalue weighted by molar-refractivity contribution is 5.81. The maximum absolute atomic E-state index is 11.9. The molecule has 0 saturated heterocycles. The van der Waals surface area contributed by atoms with E-state index in [1.54, 1.807) is 0 Å². The molecule has 0 aromatic heterocycles. The third-order valence-electron chi connectivity index (χ3n) is 5.49. The van der Waals surface area contributed by atoms with Gasteiger partial charge in [0, 0.05) is 12.3 Å². The summed E-state index contributed by atoms with van der Waals surface area (Å²) in [4.78, 5) is 11.9. The van der Waals surface area contributed by atoms with Gasteiger partial charge in [-0.1, -0.05) is 34.6 Å². The summed E-state index contributed by atoms with van der Waals surface area (Å²) in [5.41, 5.74) is 0.811. The number of ketones is 1. The monoisotopic (exact) mass is 222 g/mol. The van der Waals surface area contributed by atoms with Gasteiger partial charge in [-0.05, 0) is 41.9 Å². The van der Waals surface area contributed by atoms with Gasteiger partial charge in [-0.25, -0.2) is 0 Å². The first-order chi connectivity index (χ1) is 7.24. The normalized spacial score (nSPS) is 41.6.